The summed E-state index contributed by atoms with van der Waals surface area (Å²) in [5.41, 5.74) is 0.782. The largest absolute Gasteiger partial charge is 0.394 e. The number of rotatable bonds is 9. The highest BCUT2D eigenvalue weighted by Gasteiger charge is 2.18. The lowest BCUT2D eigenvalue weighted by Gasteiger charge is -2.15. The van der Waals surface area contributed by atoms with Crippen LogP contribution in [0.1, 0.15) is 40.0 Å². The first-order valence-corrected chi connectivity index (χ1v) is 7.76. The SMILES string of the molecule is CC#C/C(=N\OCCNCCCN1CCCC1=O)C(C)C. The van der Waals surface area contributed by atoms with Gasteiger partial charge in [-0.15, -0.1) is 0 Å². The van der Waals surface area contributed by atoms with E-state index in [1.807, 2.05) is 18.7 Å². The van der Waals surface area contributed by atoms with Crippen LogP contribution in [-0.4, -0.2) is 49.3 Å². The Bertz CT molecular complexity index is 407. The van der Waals surface area contributed by atoms with Crippen LogP contribution < -0.4 is 5.32 Å². The number of nitrogens with one attached hydrogen (secondary N) is 1. The van der Waals surface area contributed by atoms with Crippen molar-refractivity contribution in [3.05, 3.63) is 0 Å². The molecule has 21 heavy (non-hydrogen) atoms. The predicted octanol–water partition coefficient (Wildman–Crippen LogP) is 1.64. The van der Waals surface area contributed by atoms with E-state index in [1.54, 1.807) is 6.92 Å². The van der Waals surface area contributed by atoms with Crippen LogP contribution in [0, 0.1) is 17.8 Å². The molecule has 1 fully saturated rings. The second-order valence-corrected chi connectivity index (χ2v) is 5.43. The van der Waals surface area contributed by atoms with E-state index in [2.05, 4.69) is 22.3 Å². The van der Waals surface area contributed by atoms with E-state index < -0.39 is 0 Å². The lowest BCUT2D eigenvalue weighted by atomic mass is 10.1. The lowest BCUT2D eigenvalue weighted by Crippen LogP contribution is -2.29. The minimum atomic E-state index is 0.281. The van der Waals surface area contributed by atoms with Crippen LogP contribution in [0.3, 0.4) is 0 Å². The summed E-state index contributed by atoms with van der Waals surface area (Å²) in [7, 11) is 0. The third-order valence-corrected chi connectivity index (χ3v) is 3.29. The van der Waals surface area contributed by atoms with Crippen LogP contribution in [0.2, 0.25) is 0 Å². The van der Waals surface area contributed by atoms with E-state index in [1.165, 1.54) is 0 Å². The zero-order valence-electron chi connectivity index (χ0n) is 13.4. The Labute approximate surface area is 128 Å². The highest BCUT2D eigenvalue weighted by Crippen LogP contribution is 2.09. The van der Waals surface area contributed by atoms with Gasteiger partial charge in [0.05, 0.1) is 0 Å². The molecule has 0 saturated carbocycles. The number of hydrogen-bond donors (Lipinski definition) is 1. The molecule has 0 atom stereocenters. The molecule has 0 aromatic rings. The van der Waals surface area contributed by atoms with Gasteiger partial charge < -0.3 is 15.1 Å². The first-order chi connectivity index (χ1) is 10.1. The average Bonchev–Trinajstić information content (AvgIpc) is 2.85. The first kappa shape index (κ1) is 17.5. The second kappa shape index (κ2) is 10.2. The zero-order chi connectivity index (χ0) is 15.5. The van der Waals surface area contributed by atoms with Gasteiger partial charge >= 0.3 is 0 Å². The molecule has 118 valence electrons. The van der Waals surface area contributed by atoms with E-state index in [4.69, 9.17) is 4.84 Å². The maximum absolute atomic E-state index is 11.4. The highest BCUT2D eigenvalue weighted by molar-refractivity contribution is 6.01. The molecular weight excluding hydrogens is 266 g/mol. The van der Waals surface area contributed by atoms with Crippen LogP contribution in [-0.2, 0) is 9.63 Å². The van der Waals surface area contributed by atoms with Crippen molar-refractivity contribution in [2.75, 3.05) is 32.8 Å². The maximum atomic E-state index is 11.4. The first-order valence-electron chi connectivity index (χ1n) is 7.76. The van der Waals surface area contributed by atoms with Gasteiger partial charge in [-0.2, -0.15) is 0 Å². The summed E-state index contributed by atoms with van der Waals surface area (Å²) in [4.78, 5) is 18.6. The van der Waals surface area contributed by atoms with Crippen molar-refractivity contribution in [2.45, 2.75) is 40.0 Å². The van der Waals surface area contributed by atoms with E-state index in [9.17, 15) is 4.79 Å². The van der Waals surface area contributed by atoms with Crippen LogP contribution in [0.15, 0.2) is 5.16 Å². The minimum absolute atomic E-state index is 0.281. The van der Waals surface area contributed by atoms with Crippen molar-refractivity contribution >= 4 is 11.6 Å². The van der Waals surface area contributed by atoms with Crippen LogP contribution in [0.4, 0.5) is 0 Å². The maximum Gasteiger partial charge on any atom is 0.222 e. The Hall–Kier alpha value is -1.54. The summed E-state index contributed by atoms with van der Waals surface area (Å²) < 4.78 is 0. The Kier molecular flexibility index (Phi) is 8.53. The summed E-state index contributed by atoms with van der Waals surface area (Å²) >= 11 is 0. The fourth-order valence-corrected chi connectivity index (χ4v) is 2.09. The quantitative estimate of drug-likeness (QED) is 0.304. The molecule has 0 aromatic heterocycles. The van der Waals surface area contributed by atoms with Crippen molar-refractivity contribution in [2.24, 2.45) is 11.1 Å². The molecule has 0 unspecified atom stereocenters. The van der Waals surface area contributed by atoms with E-state index in [-0.39, 0.29) is 5.92 Å². The molecule has 1 rings (SSSR count). The third-order valence-electron chi connectivity index (χ3n) is 3.29. The molecule has 1 N–H and O–H groups in total. The molecule has 1 amide bonds. The number of nitrogens with zero attached hydrogens (tertiary/aromatic N) is 2. The number of likely N-dealkylation sites (tertiary alicyclic amines) is 1. The summed E-state index contributed by atoms with van der Waals surface area (Å²) in [6.45, 7) is 9.84. The third kappa shape index (κ3) is 7.14. The molecule has 0 radical (unpaired) electrons. The van der Waals surface area contributed by atoms with Gasteiger partial charge in [-0.25, -0.2) is 0 Å². The number of oxime groups is 1. The fraction of sp³-hybridized carbons (Fsp3) is 0.750. The van der Waals surface area contributed by atoms with Crippen LogP contribution in [0.25, 0.3) is 0 Å². The molecule has 0 aromatic carbocycles. The summed E-state index contributed by atoms with van der Waals surface area (Å²) in [6.07, 6.45) is 2.71. The Balaban J connectivity index is 2.02. The Morgan fingerprint density at radius 3 is 2.90 bits per heavy atom. The fourth-order valence-electron chi connectivity index (χ4n) is 2.09. The number of carbonyl (C=O) groups is 1. The molecule has 5 nitrogen and oxygen atoms in total. The normalized spacial score (nSPS) is 15.3. The Morgan fingerprint density at radius 1 is 1.48 bits per heavy atom. The summed E-state index contributed by atoms with van der Waals surface area (Å²) in [5.74, 6) is 6.36. The lowest BCUT2D eigenvalue weighted by molar-refractivity contribution is -0.127. The van der Waals surface area contributed by atoms with Crippen LogP contribution >= 0.6 is 0 Å². The number of carbonyl (C=O) groups excluding carboxylic acids is 1. The number of hydrogen-bond acceptors (Lipinski definition) is 4. The Morgan fingerprint density at radius 2 is 2.29 bits per heavy atom. The molecule has 0 aliphatic carbocycles. The predicted molar refractivity (Wildman–Crippen MR) is 85.0 cm³/mol. The average molecular weight is 293 g/mol. The molecule has 1 aliphatic heterocycles. The molecule has 1 heterocycles. The zero-order valence-corrected chi connectivity index (χ0v) is 13.4. The van der Waals surface area contributed by atoms with Crippen LogP contribution in [0.5, 0.6) is 0 Å². The molecule has 1 aliphatic rings. The van der Waals surface area contributed by atoms with E-state index in [0.29, 0.717) is 12.5 Å². The van der Waals surface area contributed by atoms with Crippen molar-refractivity contribution < 1.29 is 9.63 Å². The summed E-state index contributed by atoms with van der Waals surface area (Å²) in [6, 6.07) is 0. The second-order valence-electron chi connectivity index (χ2n) is 5.43. The molecule has 5 heteroatoms. The van der Waals surface area contributed by atoms with Gasteiger partial charge in [0.15, 0.2) is 0 Å². The van der Waals surface area contributed by atoms with Crippen molar-refractivity contribution in [1.29, 1.82) is 0 Å². The molecule has 0 bridgehead atoms. The monoisotopic (exact) mass is 293 g/mol. The van der Waals surface area contributed by atoms with Gasteiger partial charge in [0.1, 0.15) is 12.3 Å². The van der Waals surface area contributed by atoms with Crippen molar-refractivity contribution in [1.82, 2.24) is 10.2 Å². The van der Waals surface area contributed by atoms with Gasteiger partial charge in [-0.1, -0.05) is 24.9 Å². The smallest absolute Gasteiger partial charge is 0.222 e. The van der Waals surface area contributed by atoms with Gasteiger partial charge in [-0.3, -0.25) is 4.79 Å². The van der Waals surface area contributed by atoms with E-state index in [0.717, 1.165) is 51.2 Å². The van der Waals surface area contributed by atoms with Gasteiger partial charge in [0, 0.05) is 32.0 Å². The van der Waals surface area contributed by atoms with Gasteiger partial charge in [0.25, 0.3) is 0 Å². The topological polar surface area (TPSA) is 53.9 Å². The minimum Gasteiger partial charge on any atom is -0.394 e. The van der Waals surface area contributed by atoms with Gasteiger partial charge in [-0.05, 0) is 32.2 Å². The standard InChI is InChI=1S/C16H27N3O2/c1-4-7-15(14(2)3)18-21-13-10-17-9-6-12-19-11-5-8-16(19)20/h14,17H,5-6,8-13H2,1-3H3/b18-15+. The van der Waals surface area contributed by atoms with E-state index >= 15 is 0 Å². The van der Waals surface area contributed by atoms with Crippen molar-refractivity contribution in [3.63, 3.8) is 0 Å². The molecule has 0 spiro atoms. The van der Waals surface area contributed by atoms with Crippen molar-refractivity contribution in [3.8, 4) is 11.8 Å². The molecule has 1 saturated heterocycles. The van der Waals surface area contributed by atoms with Gasteiger partial charge in [0.2, 0.25) is 5.91 Å². The molecular formula is C16H27N3O2. The number of amides is 1. The highest BCUT2D eigenvalue weighted by atomic mass is 16.6. The summed E-state index contributed by atoms with van der Waals surface area (Å²) in [5, 5.41) is 7.34.